The van der Waals surface area contributed by atoms with Crippen molar-refractivity contribution in [3.05, 3.63) is 54.4 Å². The van der Waals surface area contributed by atoms with Gasteiger partial charge >= 0.3 is 0 Å². The second kappa shape index (κ2) is 5.61. The Bertz CT molecular complexity index is 427. The highest BCUT2D eigenvalue weighted by atomic mass is 16.3. The van der Waals surface area contributed by atoms with E-state index >= 15 is 0 Å². The molecular formula is C13H17N3O. The quantitative estimate of drug-likeness (QED) is 0.800. The first kappa shape index (κ1) is 11.8. The summed E-state index contributed by atoms with van der Waals surface area (Å²) in [5, 5.41) is 14.0. The molecule has 0 aliphatic carbocycles. The Morgan fingerprint density at radius 1 is 1.24 bits per heavy atom. The van der Waals surface area contributed by atoms with Crippen molar-refractivity contribution in [2.45, 2.75) is 25.1 Å². The van der Waals surface area contributed by atoms with E-state index in [9.17, 15) is 5.11 Å². The van der Waals surface area contributed by atoms with Crippen LogP contribution in [0.15, 0.2) is 48.8 Å². The van der Waals surface area contributed by atoms with Gasteiger partial charge in [0.2, 0.25) is 0 Å². The van der Waals surface area contributed by atoms with Gasteiger partial charge in [-0.25, -0.2) is 0 Å². The van der Waals surface area contributed by atoms with Gasteiger partial charge in [0, 0.05) is 18.4 Å². The fourth-order valence-corrected chi connectivity index (χ4v) is 1.76. The fourth-order valence-electron chi connectivity index (χ4n) is 1.76. The molecule has 4 nitrogen and oxygen atoms in total. The molecule has 0 spiro atoms. The average Bonchev–Trinajstić information content (AvgIpc) is 2.83. The van der Waals surface area contributed by atoms with Crippen molar-refractivity contribution in [2.75, 3.05) is 0 Å². The summed E-state index contributed by atoms with van der Waals surface area (Å²) in [7, 11) is 0. The van der Waals surface area contributed by atoms with E-state index in [1.165, 1.54) is 0 Å². The van der Waals surface area contributed by atoms with Crippen LogP contribution in [0.2, 0.25) is 0 Å². The Kier molecular flexibility index (Phi) is 3.90. The minimum atomic E-state index is -0.588. The lowest BCUT2D eigenvalue weighted by Crippen LogP contribution is -2.39. The van der Waals surface area contributed by atoms with Crippen LogP contribution >= 0.6 is 0 Å². The van der Waals surface area contributed by atoms with Gasteiger partial charge in [0.15, 0.2) is 0 Å². The summed E-state index contributed by atoms with van der Waals surface area (Å²) < 4.78 is 1.69. The highest BCUT2D eigenvalue weighted by molar-refractivity contribution is 5.16. The summed E-state index contributed by atoms with van der Waals surface area (Å²) in [5.74, 6) is 0. The van der Waals surface area contributed by atoms with Crippen molar-refractivity contribution < 1.29 is 5.11 Å². The van der Waals surface area contributed by atoms with Gasteiger partial charge in [-0.2, -0.15) is 5.10 Å². The first-order chi connectivity index (χ1) is 8.25. The molecule has 0 aliphatic rings. The van der Waals surface area contributed by atoms with Gasteiger partial charge in [-0.1, -0.05) is 30.3 Å². The van der Waals surface area contributed by atoms with Gasteiger partial charge in [0.1, 0.15) is 0 Å². The zero-order chi connectivity index (χ0) is 12.1. The molecule has 17 heavy (non-hydrogen) atoms. The third-order valence-electron chi connectivity index (χ3n) is 2.74. The molecule has 2 aromatic rings. The number of nitrogens with zero attached hydrogens (tertiary/aromatic N) is 2. The molecule has 0 amide bonds. The number of rotatable bonds is 5. The van der Waals surface area contributed by atoms with Crippen molar-refractivity contribution in [3.63, 3.8) is 0 Å². The SMILES string of the molecule is NC(Cc1ccccc1)C(O)Cn1cccn1. The summed E-state index contributed by atoms with van der Waals surface area (Å²) in [6.07, 6.45) is 3.59. The number of hydrogen-bond acceptors (Lipinski definition) is 3. The number of aromatic nitrogens is 2. The third kappa shape index (κ3) is 3.41. The maximum Gasteiger partial charge on any atom is 0.0889 e. The normalized spacial score (nSPS) is 14.5. The molecule has 0 fully saturated rings. The second-order valence-electron chi connectivity index (χ2n) is 4.15. The topological polar surface area (TPSA) is 64.1 Å². The Morgan fingerprint density at radius 2 is 2.00 bits per heavy atom. The number of nitrogens with two attached hydrogens (primary N) is 1. The molecule has 0 bridgehead atoms. The van der Waals surface area contributed by atoms with Crippen molar-refractivity contribution in [1.82, 2.24) is 9.78 Å². The van der Waals surface area contributed by atoms with Crippen molar-refractivity contribution in [2.24, 2.45) is 5.73 Å². The molecule has 0 saturated heterocycles. The summed E-state index contributed by atoms with van der Waals surface area (Å²) >= 11 is 0. The molecule has 0 aliphatic heterocycles. The molecule has 2 atom stereocenters. The lowest BCUT2D eigenvalue weighted by atomic mass is 10.0. The second-order valence-corrected chi connectivity index (χ2v) is 4.15. The van der Waals surface area contributed by atoms with E-state index in [0.29, 0.717) is 13.0 Å². The first-order valence-electron chi connectivity index (χ1n) is 5.70. The predicted octanol–water partition coefficient (Wildman–Crippen LogP) is 0.814. The van der Waals surface area contributed by atoms with Crippen LogP contribution in [0.3, 0.4) is 0 Å². The summed E-state index contributed by atoms with van der Waals surface area (Å²) in [6.45, 7) is 0.432. The molecule has 1 heterocycles. The summed E-state index contributed by atoms with van der Waals surface area (Å²) in [4.78, 5) is 0. The van der Waals surface area contributed by atoms with Crippen LogP contribution in [-0.2, 0) is 13.0 Å². The fraction of sp³-hybridized carbons (Fsp3) is 0.308. The van der Waals surface area contributed by atoms with Crippen LogP contribution in [0.5, 0.6) is 0 Å². The highest BCUT2D eigenvalue weighted by Crippen LogP contribution is 2.05. The van der Waals surface area contributed by atoms with Gasteiger partial charge < -0.3 is 10.8 Å². The van der Waals surface area contributed by atoms with E-state index in [0.717, 1.165) is 5.56 Å². The van der Waals surface area contributed by atoms with E-state index < -0.39 is 6.10 Å². The molecule has 1 aromatic heterocycles. The van der Waals surface area contributed by atoms with Crippen LogP contribution in [0.4, 0.5) is 0 Å². The minimum absolute atomic E-state index is 0.276. The first-order valence-corrected chi connectivity index (χ1v) is 5.70. The van der Waals surface area contributed by atoms with Crippen molar-refractivity contribution in [3.8, 4) is 0 Å². The van der Waals surface area contributed by atoms with Crippen LogP contribution in [-0.4, -0.2) is 27.0 Å². The van der Waals surface area contributed by atoms with Gasteiger partial charge in [-0.15, -0.1) is 0 Å². The molecule has 3 N–H and O–H groups in total. The van der Waals surface area contributed by atoms with Crippen LogP contribution in [0.25, 0.3) is 0 Å². The molecule has 0 radical (unpaired) electrons. The smallest absolute Gasteiger partial charge is 0.0889 e. The summed E-state index contributed by atoms with van der Waals surface area (Å²) in [6, 6.07) is 11.5. The Morgan fingerprint density at radius 3 is 2.65 bits per heavy atom. The largest absolute Gasteiger partial charge is 0.390 e. The Balaban J connectivity index is 1.89. The standard InChI is InChI=1S/C13H17N3O/c14-12(9-11-5-2-1-3-6-11)13(17)10-16-8-4-7-15-16/h1-8,12-13,17H,9-10,14H2. The van der Waals surface area contributed by atoms with E-state index in [1.54, 1.807) is 10.9 Å². The number of aliphatic hydroxyl groups excluding tert-OH is 1. The van der Waals surface area contributed by atoms with Crippen molar-refractivity contribution in [1.29, 1.82) is 0 Å². The molecule has 2 unspecified atom stereocenters. The van der Waals surface area contributed by atoms with Crippen molar-refractivity contribution >= 4 is 0 Å². The van der Waals surface area contributed by atoms with E-state index in [4.69, 9.17) is 5.73 Å². The highest BCUT2D eigenvalue weighted by Gasteiger charge is 2.15. The van der Waals surface area contributed by atoms with Crippen LogP contribution < -0.4 is 5.73 Å². The van der Waals surface area contributed by atoms with Crippen LogP contribution in [0, 0.1) is 0 Å². The monoisotopic (exact) mass is 231 g/mol. The molecule has 4 heteroatoms. The third-order valence-corrected chi connectivity index (χ3v) is 2.74. The molecular weight excluding hydrogens is 214 g/mol. The van der Waals surface area contributed by atoms with Gasteiger partial charge in [0.25, 0.3) is 0 Å². The zero-order valence-corrected chi connectivity index (χ0v) is 9.61. The number of benzene rings is 1. The van der Waals surface area contributed by atoms with E-state index in [-0.39, 0.29) is 6.04 Å². The maximum absolute atomic E-state index is 9.96. The lowest BCUT2D eigenvalue weighted by molar-refractivity contribution is 0.121. The molecule has 0 saturated carbocycles. The zero-order valence-electron chi connectivity index (χ0n) is 9.61. The molecule has 90 valence electrons. The molecule has 1 aromatic carbocycles. The Hall–Kier alpha value is -1.65. The minimum Gasteiger partial charge on any atom is -0.390 e. The van der Waals surface area contributed by atoms with E-state index in [2.05, 4.69) is 5.10 Å². The number of aliphatic hydroxyl groups is 1. The van der Waals surface area contributed by atoms with Gasteiger partial charge in [-0.05, 0) is 18.1 Å². The van der Waals surface area contributed by atoms with Crippen LogP contribution in [0.1, 0.15) is 5.56 Å². The Labute approximate surface area is 101 Å². The predicted molar refractivity (Wildman–Crippen MR) is 66.4 cm³/mol. The molecule has 2 rings (SSSR count). The number of hydrogen-bond donors (Lipinski definition) is 2. The lowest BCUT2D eigenvalue weighted by Gasteiger charge is -2.18. The summed E-state index contributed by atoms with van der Waals surface area (Å²) in [5.41, 5.74) is 7.11. The van der Waals surface area contributed by atoms with E-state index in [1.807, 2.05) is 42.6 Å². The van der Waals surface area contributed by atoms with Gasteiger partial charge in [-0.3, -0.25) is 4.68 Å². The average molecular weight is 231 g/mol. The van der Waals surface area contributed by atoms with Gasteiger partial charge in [0.05, 0.1) is 12.6 Å². The maximum atomic E-state index is 9.96.